The Morgan fingerprint density at radius 3 is 2.88 bits per heavy atom. The minimum Gasteiger partial charge on any atom is -0.480 e. The van der Waals surface area contributed by atoms with E-state index in [-0.39, 0.29) is 20.1 Å². The number of hydrogen-bond donors (Lipinski definition) is 0. The van der Waals surface area contributed by atoms with E-state index in [1.807, 2.05) is 24.3 Å². The minimum atomic E-state index is 0. The summed E-state index contributed by atoms with van der Waals surface area (Å²) in [6.45, 7) is 0. The summed E-state index contributed by atoms with van der Waals surface area (Å²) in [5, 5.41) is 12.9. The summed E-state index contributed by atoms with van der Waals surface area (Å²) in [4.78, 5) is 0. The molecule has 0 saturated heterocycles. The minimum absolute atomic E-state index is 0. The van der Waals surface area contributed by atoms with Gasteiger partial charge in [-0.15, -0.1) is 6.07 Å². The maximum absolute atomic E-state index is 8.82. The molecule has 1 heterocycles. The number of para-hydroxylation sites is 1. The van der Waals surface area contributed by atoms with Gasteiger partial charge in [0, 0.05) is 20.1 Å². The molecule has 4 nitrogen and oxygen atoms in total. The Bertz CT molecular complexity index is 502. The van der Waals surface area contributed by atoms with E-state index in [1.54, 1.807) is 10.7 Å². The monoisotopic (exact) mass is 391 g/mol. The van der Waals surface area contributed by atoms with Crippen molar-refractivity contribution in [3.63, 3.8) is 0 Å². The second kappa shape index (κ2) is 5.45. The summed E-state index contributed by atoms with van der Waals surface area (Å²) < 4.78 is 6.66. The van der Waals surface area contributed by atoms with Crippen molar-refractivity contribution < 1.29 is 24.8 Å². The van der Waals surface area contributed by atoms with Gasteiger partial charge in [0.25, 0.3) is 0 Å². The fourth-order valence-corrected chi connectivity index (χ4v) is 1.30. The Kier molecular flexibility index (Phi) is 4.24. The molecule has 5 heteroatoms. The van der Waals surface area contributed by atoms with Gasteiger partial charge >= 0.3 is 0 Å². The van der Waals surface area contributed by atoms with Crippen LogP contribution in [0.2, 0.25) is 0 Å². The number of nitrogens with zero attached hydrogens (tertiary/aromatic N) is 3. The standard InChI is InChI=1S/C11H8N3O.Ir/c1-15-11-9(7-12)8-13-14(11)10-5-3-2-4-6-10;/h2-5,8H,1H3;/q-1;. The van der Waals surface area contributed by atoms with Crippen LogP contribution in [0.3, 0.4) is 0 Å². The van der Waals surface area contributed by atoms with Crippen molar-refractivity contribution in [3.8, 4) is 17.6 Å². The average Bonchev–Trinajstić information content (AvgIpc) is 2.72. The maximum Gasteiger partial charge on any atom is 0.232 e. The quantitative estimate of drug-likeness (QED) is 0.732. The Balaban J connectivity index is 0.00000128. The molecule has 16 heavy (non-hydrogen) atoms. The molecule has 2 rings (SSSR count). The zero-order valence-corrected chi connectivity index (χ0v) is 10.9. The van der Waals surface area contributed by atoms with E-state index in [1.165, 1.54) is 13.3 Å². The van der Waals surface area contributed by atoms with E-state index in [2.05, 4.69) is 11.2 Å². The van der Waals surface area contributed by atoms with Gasteiger partial charge in [0.1, 0.15) is 11.6 Å². The van der Waals surface area contributed by atoms with Crippen LogP contribution in [0.4, 0.5) is 0 Å². The summed E-state index contributed by atoms with van der Waals surface area (Å²) in [5.41, 5.74) is 1.16. The van der Waals surface area contributed by atoms with E-state index in [0.717, 1.165) is 5.69 Å². The molecule has 0 spiro atoms. The van der Waals surface area contributed by atoms with Gasteiger partial charge in [-0.2, -0.15) is 34.6 Å². The molecule has 1 radical (unpaired) electrons. The zero-order valence-electron chi connectivity index (χ0n) is 8.47. The van der Waals surface area contributed by atoms with Crippen molar-refractivity contribution in [1.29, 1.82) is 5.26 Å². The predicted octanol–water partition coefficient (Wildman–Crippen LogP) is 1.55. The molecule has 0 atom stereocenters. The number of rotatable bonds is 2. The maximum atomic E-state index is 8.82. The first kappa shape index (κ1) is 12.4. The molecular formula is C11H8IrN3O-. The molecule has 0 aliphatic carbocycles. The van der Waals surface area contributed by atoms with Gasteiger partial charge in [0.2, 0.25) is 5.88 Å². The van der Waals surface area contributed by atoms with Gasteiger partial charge < -0.3 is 4.74 Å². The first-order chi connectivity index (χ1) is 7.36. The van der Waals surface area contributed by atoms with Crippen LogP contribution in [0.5, 0.6) is 5.88 Å². The number of hydrogen-bond acceptors (Lipinski definition) is 3. The van der Waals surface area contributed by atoms with Crippen LogP contribution < -0.4 is 4.74 Å². The first-order valence-corrected chi connectivity index (χ1v) is 4.36. The van der Waals surface area contributed by atoms with Crippen molar-refractivity contribution in [1.82, 2.24) is 9.78 Å². The summed E-state index contributed by atoms with van der Waals surface area (Å²) in [6.07, 6.45) is 1.47. The molecule has 0 aliphatic heterocycles. The summed E-state index contributed by atoms with van der Waals surface area (Å²) in [6, 6.07) is 12.4. The van der Waals surface area contributed by atoms with Crippen molar-refractivity contribution in [2.45, 2.75) is 0 Å². The third-order valence-corrected chi connectivity index (χ3v) is 1.96. The fourth-order valence-electron chi connectivity index (χ4n) is 1.30. The Morgan fingerprint density at radius 1 is 1.50 bits per heavy atom. The van der Waals surface area contributed by atoms with E-state index < -0.39 is 0 Å². The van der Waals surface area contributed by atoms with Gasteiger partial charge in [-0.05, 0) is 5.69 Å². The third-order valence-electron chi connectivity index (χ3n) is 1.96. The number of benzene rings is 1. The predicted molar refractivity (Wildman–Crippen MR) is 53.7 cm³/mol. The van der Waals surface area contributed by atoms with Crippen LogP contribution in [0.15, 0.2) is 30.5 Å². The van der Waals surface area contributed by atoms with Crippen LogP contribution in [0, 0.1) is 17.4 Å². The number of ether oxygens (including phenoxy) is 1. The molecule has 1 aromatic carbocycles. The zero-order chi connectivity index (χ0) is 10.7. The van der Waals surface area contributed by atoms with E-state index in [4.69, 9.17) is 10.00 Å². The molecule has 1 aromatic heterocycles. The van der Waals surface area contributed by atoms with Gasteiger partial charge in [0.05, 0.1) is 13.3 Å². The second-order valence-electron chi connectivity index (χ2n) is 2.84. The van der Waals surface area contributed by atoms with Crippen LogP contribution >= 0.6 is 0 Å². The summed E-state index contributed by atoms with van der Waals surface area (Å²) in [7, 11) is 1.51. The molecule has 0 N–H and O–H groups in total. The molecule has 0 fully saturated rings. The molecule has 0 aliphatic rings. The molecule has 0 saturated carbocycles. The Morgan fingerprint density at radius 2 is 2.31 bits per heavy atom. The van der Waals surface area contributed by atoms with Crippen molar-refractivity contribution >= 4 is 0 Å². The number of methoxy groups -OCH3 is 1. The molecular weight excluding hydrogens is 382 g/mol. The van der Waals surface area contributed by atoms with Crippen molar-refractivity contribution in [2.24, 2.45) is 0 Å². The van der Waals surface area contributed by atoms with Gasteiger partial charge in [-0.1, -0.05) is 0 Å². The van der Waals surface area contributed by atoms with E-state index in [0.29, 0.717) is 11.4 Å². The first-order valence-electron chi connectivity index (χ1n) is 4.36. The summed E-state index contributed by atoms with van der Waals surface area (Å²) >= 11 is 0. The topological polar surface area (TPSA) is 50.8 Å². The molecule has 0 unspecified atom stereocenters. The average molecular weight is 390 g/mol. The van der Waals surface area contributed by atoms with Crippen LogP contribution in [-0.4, -0.2) is 16.9 Å². The third kappa shape index (κ3) is 2.13. The smallest absolute Gasteiger partial charge is 0.232 e. The number of nitriles is 1. The number of aromatic nitrogens is 2. The fraction of sp³-hybridized carbons (Fsp3) is 0.0909. The van der Waals surface area contributed by atoms with Crippen molar-refractivity contribution in [2.75, 3.05) is 7.11 Å². The van der Waals surface area contributed by atoms with Crippen molar-refractivity contribution in [3.05, 3.63) is 42.1 Å². The molecule has 0 amide bonds. The summed E-state index contributed by atoms with van der Waals surface area (Å²) in [5.74, 6) is 0.431. The normalized spacial score (nSPS) is 9.00. The molecule has 2 aromatic rings. The second-order valence-corrected chi connectivity index (χ2v) is 2.84. The van der Waals surface area contributed by atoms with Gasteiger partial charge in [-0.3, -0.25) is 0 Å². The molecule has 0 bridgehead atoms. The van der Waals surface area contributed by atoms with E-state index in [9.17, 15) is 0 Å². The van der Waals surface area contributed by atoms with Crippen LogP contribution in [0.25, 0.3) is 5.69 Å². The van der Waals surface area contributed by atoms with Crippen LogP contribution in [0.1, 0.15) is 5.56 Å². The SMILES string of the molecule is COc1c(C#N)cnn1-c1[c-]cccc1.[Ir]. The van der Waals surface area contributed by atoms with Gasteiger partial charge in [-0.25, -0.2) is 4.68 Å². The Labute approximate surface area is 107 Å². The largest absolute Gasteiger partial charge is 0.480 e. The van der Waals surface area contributed by atoms with Gasteiger partial charge in [0.15, 0.2) is 0 Å². The van der Waals surface area contributed by atoms with Crippen LogP contribution in [-0.2, 0) is 20.1 Å². The molecule has 83 valence electrons. The Hall–Kier alpha value is -1.63. The van der Waals surface area contributed by atoms with E-state index >= 15 is 0 Å².